The Balaban J connectivity index is 2.67. The van der Waals surface area contributed by atoms with Crippen LogP contribution in [0.15, 0.2) is 12.4 Å². The summed E-state index contributed by atoms with van der Waals surface area (Å²) in [5, 5.41) is 3.54. The zero-order valence-electron chi connectivity index (χ0n) is 12.2. The number of ether oxygens (including phenoxy) is 1. The van der Waals surface area contributed by atoms with Gasteiger partial charge in [0.25, 0.3) is 0 Å². The van der Waals surface area contributed by atoms with Crippen LogP contribution in [-0.2, 0) is 6.42 Å². The molecule has 0 amide bonds. The molecule has 0 radical (unpaired) electrons. The van der Waals surface area contributed by atoms with Crippen LogP contribution in [0.5, 0.6) is 5.88 Å². The molecule has 4 heteroatoms. The minimum absolute atomic E-state index is 0.242. The van der Waals surface area contributed by atoms with Crippen molar-refractivity contribution in [1.29, 1.82) is 0 Å². The van der Waals surface area contributed by atoms with E-state index in [9.17, 15) is 0 Å². The van der Waals surface area contributed by atoms with Crippen molar-refractivity contribution in [3.05, 3.63) is 18.1 Å². The van der Waals surface area contributed by atoms with Crippen molar-refractivity contribution in [2.75, 3.05) is 13.7 Å². The lowest BCUT2D eigenvalue weighted by Crippen LogP contribution is -2.40. The summed E-state index contributed by atoms with van der Waals surface area (Å²) >= 11 is 0. The number of aryl methyl sites for hydroxylation is 1. The first-order valence-electron chi connectivity index (χ1n) is 6.56. The van der Waals surface area contributed by atoms with Crippen LogP contribution < -0.4 is 10.1 Å². The van der Waals surface area contributed by atoms with Crippen LogP contribution in [0.3, 0.4) is 0 Å². The van der Waals surface area contributed by atoms with Gasteiger partial charge in [-0.15, -0.1) is 0 Å². The van der Waals surface area contributed by atoms with Crippen molar-refractivity contribution in [2.24, 2.45) is 5.41 Å². The number of rotatable bonds is 6. The van der Waals surface area contributed by atoms with Gasteiger partial charge in [0.1, 0.15) is 5.69 Å². The number of nitrogens with one attached hydrogen (secondary N) is 1. The zero-order chi connectivity index (χ0) is 13.6. The van der Waals surface area contributed by atoms with Crippen LogP contribution >= 0.6 is 0 Å². The average Bonchev–Trinajstić information content (AvgIpc) is 2.33. The smallest absolute Gasteiger partial charge is 0.235 e. The van der Waals surface area contributed by atoms with Crippen molar-refractivity contribution in [2.45, 2.75) is 46.6 Å². The second-order valence-electron chi connectivity index (χ2n) is 5.53. The summed E-state index contributed by atoms with van der Waals surface area (Å²) in [6.07, 6.45) is 5.30. The molecule has 0 saturated carbocycles. The topological polar surface area (TPSA) is 47.0 Å². The Labute approximate surface area is 110 Å². The van der Waals surface area contributed by atoms with E-state index in [1.165, 1.54) is 0 Å². The van der Waals surface area contributed by atoms with Crippen LogP contribution in [0.4, 0.5) is 0 Å². The Morgan fingerprint density at radius 2 is 1.94 bits per heavy atom. The summed E-state index contributed by atoms with van der Waals surface area (Å²) in [6.45, 7) is 9.90. The molecule has 0 saturated heterocycles. The highest BCUT2D eigenvalue weighted by atomic mass is 16.5. The highest BCUT2D eigenvalue weighted by Crippen LogP contribution is 2.24. The van der Waals surface area contributed by atoms with Crippen molar-refractivity contribution in [3.63, 3.8) is 0 Å². The van der Waals surface area contributed by atoms with E-state index < -0.39 is 0 Å². The molecule has 1 aromatic heterocycles. The Morgan fingerprint density at radius 1 is 1.28 bits per heavy atom. The Kier molecular flexibility index (Phi) is 5.54. The average molecular weight is 251 g/mol. The number of hydrogen-bond acceptors (Lipinski definition) is 4. The molecular formula is C14H25N3O. The van der Waals surface area contributed by atoms with Crippen molar-refractivity contribution in [1.82, 2.24) is 15.3 Å². The van der Waals surface area contributed by atoms with Crippen molar-refractivity contribution < 1.29 is 4.74 Å². The standard InChI is InChI=1S/C14H25N3O/c1-6-15-12(14(2,3)4)8-7-11-13(18-5)17-10-9-16-11/h9-10,12,15H,6-8H2,1-5H3. The van der Waals surface area contributed by atoms with Gasteiger partial charge < -0.3 is 10.1 Å². The maximum Gasteiger partial charge on any atom is 0.235 e. The molecule has 1 aromatic rings. The second-order valence-corrected chi connectivity index (χ2v) is 5.53. The van der Waals surface area contributed by atoms with Crippen molar-refractivity contribution in [3.8, 4) is 5.88 Å². The molecule has 18 heavy (non-hydrogen) atoms. The predicted molar refractivity (Wildman–Crippen MR) is 73.8 cm³/mol. The van der Waals surface area contributed by atoms with E-state index in [2.05, 4.69) is 43.0 Å². The molecular weight excluding hydrogens is 226 g/mol. The lowest BCUT2D eigenvalue weighted by molar-refractivity contribution is 0.257. The Morgan fingerprint density at radius 3 is 2.50 bits per heavy atom. The fourth-order valence-electron chi connectivity index (χ4n) is 2.06. The summed E-state index contributed by atoms with van der Waals surface area (Å²) < 4.78 is 5.23. The van der Waals surface area contributed by atoms with Gasteiger partial charge in [-0.3, -0.25) is 4.98 Å². The van der Waals surface area contributed by atoms with Gasteiger partial charge in [-0.2, -0.15) is 0 Å². The molecule has 1 unspecified atom stereocenters. The zero-order valence-corrected chi connectivity index (χ0v) is 12.2. The van der Waals surface area contributed by atoms with Gasteiger partial charge in [0.15, 0.2) is 0 Å². The number of aromatic nitrogens is 2. The van der Waals surface area contributed by atoms with Crippen molar-refractivity contribution >= 4 is 0 Å². The van der Waals surface area contributed by atoms with E-state index in [0.29, 0.717) is 11.9 Å². The first kappa shape index (κ1) is 14.9. The second kappa shape index (κ2) is 6.69. The summed E-state index contributed by atoms with van der Waals surface area (Å²) in [6, 6.07) is 0.467. The summed E-state index contributed by atoms with van der Waals surface area (Å²) in [4.78, 5) is 8.53. The molecule has 1 heterocycles. The van der Waals surface area contributed by atoms with E-state index in [4.69, 9.17) is 4.74 Å². The third-order valence-electron chi connectivity index (χ3n) is 3.09. The van der Waals surface area contributed by atoms with Gasteiger partial charge in [0.2, 0.25) is 5.88 Å². The fraction of sp³-hybridized carbons (Fsp3) is 0.714. The summed E-state index contributed by atoms with van der Waals surface area (Å²) in [7, 11) is 1.64. The van der Waals surface area contributed by atoms with E-state index in [-0.39, 0.29) is 5.41 Å². The van der Waals surface area contributed by atoms with Gasteiger partial charge in [-0.05, 0) is 24.8 Å². The largest absolute Gasteiger partial charge is 0.480 e. The molecule has 0 aromatic carbocycles. The van der Waals surface area contributed by atoms with E-state index >= 15 is 0 Å². The van der Waals surface area contributed by atoms with Crippen LogP contribution in [0, 0.1) is 5.41 Å². The molecule has 1 N–H and O–H groups in total. The molecule has 102 valence electrons. The minimum Gasteiger partial charge on any atom is -0.480 e. The Hall–Kier alpha value is -1.16. The van der Waals surface area contributed by atoms with E-state index in [0.717, 1.165) is 25.1 Å². The SMILES string of the molecule is CCNC(CCc1nccnc1OC)C(C)(C)C. The van der Waals surface area contributed by atoms with Gasteiger partial charge in [0, 0.05) is 18.4 Å². The molecule has 4 nitrogen and oxygen atoms in total. The quantitative estimate of drug-likeness (QED) is 0.843. The molecule has 0 spiro atoms. The maximum absolute atomic E-state index is 5.23. The molecule has 0 aliphatic carbocycles. The highest BCUT2D eigenvalue weighted by molar-refractivity contribution is 5.17. The van der Waals surface area contributed by atoms with E-state index in [1.807, 2.05) is 0 Å². The molecule has 0 fully saturated rings. The molecule has 1 atom stereocenters. The molecule has 1 rings (SSSR count). The molecule has 0 aliphatic rings. The predicted octanol–water partition coefficient (Wildman–Crippen LogP) is 2.44. The van der Waals surface area contributed by atoms with Gasteiger partial charge in [-0.1, -0.05) is 27.7 Å². The maximum atomic E-state index is 5.23. The number of methoxy groups -OCH3 is 1. The summed E-state index contributed by atoms with van der Waals surface area (Å²) in [5.74, 6) is 0.640. The van der Waals surface area contributed by atoms with Gasteiger partial charge in [0.05, 0.1) is 7.11 Å². The third-order valence-corrected chi connectivity index (χ3v) is 3.09. The van der Waals surface area contributed by atoms with E-state index in [1.54, 1.807) is 19.5 Å². The first-order chi connectivity index (χ1) is 8.49. The monoisotopic (exact) mass is 251 g/mol. The normalized spacial score (nSPS) is 13.4. The van der Waals surface area contributed by atoms with Gasteiger partial charge in [-0.25, -0.2) is 4.98 Å². The minimum atomic E-state index is 0.242. The highest BCUT2D eigenvalue weighted by Gasteiger charge is 2.23. The van der Waals surface area contributed by atoms with Crippen LogP contribution in [0.1, 0.15) is 39.8 Å². The summed E-state index contributed by atoms with van der Waals surface area (Å²) in [5.41, 5.74) is 1.18. The third kappa shape index (κ3) is 4.26. The fourth-order valence-corrected chi connectivity index (χ4v) is 2.06. The molecule has 0 bridgehead atoms. The Bertz CT molecular complexity index is 360. The number of nitrogens with zero attached hydrogens (tertiary/aromatic N) is 2. The van der Waals surface area contributed by atoms with Crippen LogP contribution in [0.25, 0.3) is 0 Å². The van der Waals surface area contributed by atoms with Crippen LogP contribution in [-0.4, -0.2) is 29.7 Å². The lowest BCUT2D eigenvalue weighted by Gasteiger charge is -2.31. The lowest BCUT2D eigenvalue weighted by atomic mass is 9.83. The first-order valence-corrected chi connectivity index (χ1v) is 6.56. The number of hydrogen-bond donors (Lipinski definition) is 1. The molecule has 0 aliphatic heterocycles. The van der Waals surface area contributed by atoms with Gasteiger partial charge >= 0.3 is 0 Å². The van der Waals surface area contributed by atoms with Crippen LogP contribution in [0.2, 0.25) is 0 Å².